The summed E-state index contributed by atoms with van der Waals surface area (Å²) in [4.78, 5) is 33.1. The highest BCUT2D eigenvalue weighted by atomic mass is 35.5. The molecule has 0 atom stereocenters. The van der Waals surface area contributed by atoms with Crippen LogP contribution >= 0.6 is 34.5 Å². The lowest BCUT2D eigenvalue weighted by Gasteiger charge is -2.23. The number of nitrogens with zero attached hydrogens (tertiary/aromatic N) is 3. The minimum atomic E-state index is -0.296. The molecule has 1 aromatic heterocycles. The number of aromatic nitrogens is 1. The van der Waals surface area contributed by atoms with E-state index < -0.39 is 0 Å². The third-order valence-corrected chi connectivity index (χ3v) is 4.94. The van der Waals surface area contributed by atoms with Crippen molar-refractivity contribution in [1.82, 2.24) is 14.8 Å². The molecule has 1 aromatic carbocycles. The van der Waals surface area contributed by atoms with Crippen molar-refractivity contribution < 1.29 is 9.59 Å². The van der Waals surface area contributed by atoms with Crippen LogP contribution in [0.1, 0.15) is 22.5 Å². The van der Waals surface area contributed by atoms with E-state index in [1.807, 2.05) is 31.3 Å². The molecule has 27 heavy (non-hydrogen) atoms. The van der Waals surface area contributed by atoms with Crippen molar-refractivity contribution >= 4 is 51.5 Å². The van der Waals surface area contributed by atoms with Gasteiger partial charge in [0.25, 0.3) is 5.91 Å². The van der Waals surface area contributed by atoms with Gasteiger partial charge in [-0.3, -0.25) is 9.59 Å². The minimum Gasteiger partial charge on any atom is -0.329 e. The minimum absolute atomic E-state index is 0.0744. The molecule has 0 aliphatic rings. The number of thiazole rings is 1. The lowest BCUT2D eigenvalue weighted by atomic mass is 10.2. The van der Waals surface area contributed by atoms with E-state index in [9.17, 15) is 9.59 Å². The van der Waals surface area contributed by atoms with Crippen molar-refractivity contribution in [3.05, 3.63) is 44.9 Å². The molecule has 0 unspecified atom stereocenters. The number of carbonyl (C=O) groups excluding carboxylic acids is 2. The molecule has 0 spiro atoms. The fourth-order valence-corrected chi connectivity index (χ4v) is 3.66. The van der Waals surface area contributed by atoms with Crippen LogP contribution in [0.3, 0.4) is 0 Å². The molecule has 2 aromatic rings. The highest BCUT2D eigenvalue weighted by Crippen LogP contribution is 2.20. The van der Waals surface area contributed by atoms with E-state index in [0.717, 1.165) is 18.7 Å². The second-order valence-electron chi connectivity index (χ2n) is 6.38. The predicted octanol–water partition coefficient (Wildman–Crippen LogP) is 3.79. The molecule has 6 nitrogen and oxygen atoms in total. The highest BCUT2D eigenvalue weighted by molar-refractivity contribution is 7.13. The summed E-state index contributed by atoms with van der Waals surface area (Å²) in [5.74, 6) is -0.584. The lowest BCUT2D eigenvalue weighted by Crippen LogP contribution is -2.39. The molecular formula is C18H22Cl2N4O2S. The molecule has 9 heteroatoms. The van der Waals surface area contributed by atoms with Crippen LogP contribution in [-0.2, 0) is 4.79 Å². The number of hydrogen-bond donors (Lipinski definition) is 1. The zero-order valence-corrected chi connectivity index (χ0v) is 17.8. The average molecular weight is 429 g/mol. The molecule has 2 rings (SSSR count). The zero-order valence-electron chi connectivity index (χ0n) is 15.5. The number of amides is 2. The van der Waals surface area contributed by atoms with Crippen molar-refractivity contribution in [1.29, 1.82) is 0 Å². The zero-order chi connectivity index (χ0) is 20.0. The van der Waals surface area contributed by atoms with Gasteiger partial charge in [-0.05, 0) is 52.2 Å². The number of nitrogens with one attached hydrogen (secondary N) is 1. The van der Waals surface area contributed by atoms with E-state index >= 15 is 0 Å². The van der Waals surface area contributed by atoms with Gasteiger partial charge in [-0.2, -0.15) is 0 Å². The summed E-state index contributed by atoms with van der Waals surface area (Å²) in [5.41, 5.74) is 1.19. The van der Waals surface area contributed by atoms with Crippen LogP contribution < -0.4 is 5.32 Å². The first-order valence-electron chi connectivity index (χ1n) is 8.36. The normalized spacial score (nSPS) is 10.9. The average Bonchev–Trinajstić information content (AvgIpc) is 2.96. The quantitative estimate of drug-likeness (QED) is 0.694. The van der Waals surface area contributed by atoms with E-state index in [2.05, 4.69) is 10.3 Å². The number of anilines is 1. The van der Waals surface area contributed by atoms with E-state index in [-0.39, 0.29) is 18.4 Å². The maximum absolute atomic E-state index is 12.9. The van der Waals surface area contributed by atoms with Crippen molar-refractivity contribution in [2.24, 2.45) is 0 Å². The van der Waals surface area contributed by atoms with E-state index in [1.165, 1.54) is 16.2 Å². The van der Waals surface area contributed by atoms with Crippen LogP contribution in [-0.4, -0.2) is 60.3 Å². The number of hydrogen-bond acceptors (Lipinski definition) is 5. The van der Waals surface area contributed by atoms with Gasteiger partial charge in [-0.15, -0.1) is 11.3 Å². The SMILES string of the molecule is Cc1csc(NC(=O)CN(CCCN(C)C)C(=O)c2cc(Cl)cc(Cl)c2)n1. The van der Waals surface area contributed by atoms with Crippen molar-refractivity contribution in [2.45, 2.75) is 13.3 Å². The van der Waals surface area contributed by atoms with Crippen LogP contribution in [0.4, 0.5) is 5.13 Å². The monoisotopic (exact) mass is 428 g/mol. The van der Waals surface area contributed by atoms with Gasteiger partial charge < -0.3 is 15.1 Å². The summed E-state index contributed by atoms with van der Waals surface area (Å²) in [6.07, 6.45) is 0.733. The Labute approximate surface area is 173 Å². The summed E-state index contributed by atoms with van der Waals surface area (Å²) in [5, 5.41) is 5.86. The lowest BCUT2D eigenvalue weighted by molar-refractivity contribution is -0.116. The second-order valence-corrected chi connectivity index (χ2v) is 8.11. The maximum Gasteiger partial charge on any atom is 0.254 e. The Hall–Kier alpha value is -1.67. The van der Waals surface area contributed by atoms with Gasteiger partial charge in [0.15, 0.2) is 5.13 Å². The first kappa shape index (κ1) is 21.6. The molecule has 0 aliphatic carbocycles. The second kappa shape index (κ2) is 10.0. The molecule has 0 aliphatic heterocycles. The molecule has 1 heterocycles. The molecular weight excluding hydrogens is 407 g/mol. The van der Waals surface area contributed by atoms with Gasteiger partial charge in [0.2, 0.25) is 5.91 Å². The van der Waals surface area contributed by atoms with Crippen molar-refractivity contribution in [3.8, 4) is 0 Å². The smallest absolute Gasteiger partial charge is 0.254 e. The molecule has 0 fully saturated rings. The highest BCUT2D eigenvalue weighted by Gasteiger charge is 2.20. The maximum atomic E-state index is 12.9. The number of halogens is 2. The summed E-state index contributed by atoms with van der Waals surface area (Å²) < 4.78 is 0. The van der Waals surface area contributed by atoms with Crippen LogP contribution in [0.25, 0.3) is 0 Å². The Morgan fingerprint density at radius 2 is 1.81 bits per heavy atom. The van der Waals surface area contributed by atoms with E-state index in [1.54, 1.807) is 18.2 Å². The Morgan fingerprint density at radius 1 is 1.15 bits per heavy atom. The van der Waals surface area contributed by atoms with Crippen LogP contribution in [0.15, 0.2) is 23.6 Å². The summed E-state index contributed by atoms with van der Waals surface area (Å²) in [6.45, 7) is 3.01. The Kier molecular flexibility index (Phi) is 8.04. The first-order chi connectivity index (χ1) is 12.7. The standard InChI is InChI=1S/C18H22Cl2N4O2S/c1-12-11-27-18(21-12)22-16(25)10-24(6-4-5-23(2)3)17(26)13-7-14(19)9-15(20)8-13/h7-9,11H,4-6,10H2,1-3H3,(H,21,22,25). The first-order valence-corrected chi connectivity index (χ1v) is 10.00. The van der Waals surface area contributed by atoms with Crippen LogP contribution in [0, 0.1) is 6.92 Å². The molecule has 0 saturated heterocycles. The molecule has 0 bridgehead atoms. The number of carbonyl (C=O) groups is 2. The van der Waals surface area contributed by atoms with Gasteiger partial charge in [0, 0.05) is 27.5 Å². The molecule has 0 radical (unpaired) electrons. The van der Waals surface area contributed by atoms with Gasteiger partial charge in [-0.25, -0.2) is 4.98 Å². The van der Waals surface area contributed by atoms with Gasteiger partial charge in [0.05, 0.1) is 5.69 Å². The Bertz CT molecular complexity index is 790. The number of aryl methyl sites for hydroxylation is 1. The molecule has 0 saturated carbocycles. The van der Waals surface area contributed by atoms with Crippen molar-refractivity contribution in [3.63, 3.8) is 0 Å². The summed E-state index contributed by atoms with van der Waals surface area (Å²) >= 11 is 13.4. The largest absolute Gasteiger partial charge is 0.329 e. The number of benzene rings is 1. The summed E-state index contributed by atoms with van der Waals surface area (Å²) in [6, 6.07) is 4.67. The van der Waals surface area contributed by atoms with E-state index in [4.69, 9.17) is 23.2 Å². The molecule has 2 amide bonds. The van der Waals surface area contributed by atoms with Crippen LogP contribution in [0.5, 0.6) is 0 Å². The van der Waals surface area contributed by atoms with Gasteiger partial charge >= 0.3 is 0 Å². The fraction of sp³-hybridized carbons (Fsp3) is 0.389. The third kappa shape index (κ3) is 7.10. The van der Waals surface area contributed by atoms with Gasteiger partial charge in [0.1, 0.15) is 6.54 Å². The predicted molar refractivity (Wildman–Crippen MR) is 111 cm³/mol. The van der Waals surface area contributed by atoms with Crippen LogP contribution in [0.2, 0.25) is 10.0 Å². The Morgan fingerprint density at radius 3 is 2.37 bits per heavy atom. The third-order valence-electron chi connectivity index (χ3n) is 3.63. The Balaban J connectivity index is 2.11. The summed E-state index contributed by atoms with van der Waals surface area (Å²) in [7, 11) is 3.92. The molecule has 1 N–H and O–H groups in total. The fourth-order valence-electron chi connectivity index (χ4n) is 2.43. The van der Waals surface area contributed by atoms with E-state index in [0.29, 0.717) is 27.3 Å². The topological polar surface area (TPSA) is 65.5 Å². The van der Waals surface area contributed by atoms with Gasteiger partial charge in [-0.1, -0.05) is 23.2 Å². The van der Waals surface area contributed by atoms with Crippen molar-refractivity contribution in [2.75, 3.05) is 39.0 Å². The number of rotatable bonds is 8. The molecule has 146 valence electrons.